The second-order valence-corrected chi connectivity index (χ2v) is 6.90. The highest BCUT2D eigenvalue weighted by Gasteiger charge is 2.14. The van der Waals surface area contributed by atoms with Gasteiger partial charge in [-0.2, -0.15) is 0 Å². The van der Waals surface area contributed by atoms with Gasteiger partial charge in [-0.1, -0.05) is 32.9 Å². The Labute approximate surface area is 108 Å². The number of carbonyl (C=O) groups is 1. The van der Waals surface area contributed by atoms with Crippen molar-refractivity contribution in [3.63, 3.8) is 0 Å². The second kappa shape index (κ2) is 5.07. The average molecular weight is 270 g/mol. The highest BCUT2D eigenvalue weighted by atomic mass is 32.2. The summed E-state index contributed by atoms with van der Waals surface area (Å²) in [4.78, 5) is 13.6. The summed E-state index contributed by atoms with van der Waals surface area (Å²) < 4.78 is 21.7. The molecule has 1 amide bonds. The lowest BCUT2D eigenvalue weighted by atomic mass is 9.87. The van der Waals surface area contributed by atoms with Crippen LogP contribution in [0, 0.1) is 0 Å². The maximum Gasteiger partial charge on any atom is 0.266 e. The summed E-state index contributed by atoms with van der Waals surface area (Å²) in [5, 5.41) is 0. The molecule has 0 spiro atoms. The minimum atomic E-state index is -3.44. The lowest BCUT2D eigenvalue weighted by Crippen LogP contribution is -2.40. The van der Waals surface area contributed by atoms with Crippen molar-refractivity contribution in [2.75, 3.05) is 6.26 Å². The van der Waals surface area contributed by atoms with Crippen LogP contribution in [-0.4, -0.2) is 20.6 Å². The van der Waals surface area contributed by atoms with E-state index in [1.165, 1.54) is 0 Å². The molecule has 0 heterocycles. The monoisotopic (exact) mass is 270 g/mol. The van der Waals surface area contributed by atoms with Crippen LogP contribution in [0.4, 0.5) is 0 Å². The van der Waals surface area contributed by atoms with Gasteiger partial charge in [0, 0.05) is 5.56 Å². The molecule has 0 aliphatic rings. The van der Waals surface area contributed by atoms with Crippen molar-refractivity contribution in [2.45, 2.75) is 26.2 Å². The molecule has 0 saturated heterocycles. The zero-order chi connectivity index (χ0) is 14.0. The quantitative estimate of drug-likeness (QED) is 0.810. The Balaban J connectivity index is 2.77. The molecule has 0 fully saturated rings. The van der Waals surface area contributed by atoms with Crippen molar-refractivity contribution < 1.29 is 13.2 Å². The lowest BCUT2D eigenvalue weighted by molar-refractivity contribution is 0.0945. The van der Waals surface area contributed by atoms with Crippen molar-refractivity contribution in [1.29, 1.82) is 0 Å². The molecule has 6 heteroatoms. The summed E-state index contributed by atoms with van der Waals surface area (Å²) in [5.74, 6) is -0.485. The van der Waals surface area contributed by atoms with Crippen molar-refractivity contribution in [1.82, 2.24) is 10.3 Å². The maximum atomic E-state index is 11.6. The summed E-state index contributed by atoms with van der Waals surface area (Å²) >= 11 is 0. The van der Waals surface area contributed by atoms with E-state index in [2.05, 4.69) is 26.2 Å². The Morgan fingerprint density at radius 3 is 2.00 bits per heavy atom. The third kappa shape index (κ3) is 4.46. The van der Waals surface area contributed by atoms with E-state index in [0.29, 0.717) is 5.56 Å². The topological polar surface area (TPSA) is 75.3 Å². The Kier molecular flexibility index (Phi) is 4.13. The Morgan fingerprint density at radius 2 is 1.61 bits per heavy atom. The Bertz CT molecular complexity index is 527. The van der Waals surface area contributed by atoms with Gasteiger partial charge in [0.05, 0.1) is 6.26 Å². The third-order valence-corrected chi connectivity index (χ3v) is 2.84. The van der Waals surface area contributed by atoms with Gasteiger partial charge in [0.25, 0.3) is 5.91 Å². The van der Waals surface area contributed by atoms with Gasteiger partial charge in [-0.3, -0.25) is 10.2 Å². The van der Waals surface area contributed by atoms with E-state index < -0.39 is 15.9 Å². The maximum absolute atomic E-state index is 11.6. The summed E-state index contributed by atoms with van der Waals surface area (Å²) in [5.41, 5.74) is 3.64. The molecular formula is C12H18N2O3S. The minimum Gasteiger partial charge on any atom is -0.274 e. The number of carbonyl (C=O) groups excluding carboxylic acids is 1. The van der Waals surface area contributed by atoms with Crippen LogP contribution in [0.5, 0.6) is 0 Å². The first-order valence-corrected chi connectivity index (χ1v) is 7.36. The van der Waals surface area contributed by atoms with E-state index in [0.717, 1.165) is 11.8 Å². The van der Waals surface area contributed by atoms with Crippen LogP contribution < -0.4 is 10.3 Å². The van der Waals surface area contributed by atoms with E-state index in [4.69, 9.17) is 0 Å². The Hall–Kier alpha value is -1.40. The van der Waals surface area contributed by atoms with Crippen LogP contribution in [0.1, 0.15) is 36.7 Å². The van der Waals surface area contributed by atoms with Gasteiger partial charge in [0.1, 0.15) is 0 Å². The molecule has 0 aliphatic heterocycles. The van der Waals surface area contributed by atoms with Crippen LogP contribution in [-0.2, 0) is 15.4 Å². The molecule has 0 bridgehead atoms. The molecule has 100 valence electrons. The zero-order valence-electron chi connectivity index (χ0n) is 10.9. The van der Waals surface area contributed by atoms with Gasteiger partial charge >= 0.3 is 0 Å². The highest BCUT2D eigenvalue weighted by molar-refractivity contribution is 7.88. The standard InChI is InChI=1S/C12H18N2O3S/c1-12(2,3)10-7-5-9(6-8-10)11(15)13-14-18(4,16)17/h5-8,14H,1-4H3,(H,13,15). The largest absolute Gasteiger partial charge is 0.274 e. The molecule has 1 aromatic carbocycles. The molecule has 5 nitrogen and oxygen atoms in total. The molecule has 2 N–H and O–H groups in total. The van der Waals surface area contributed by atoms with Crippen molar-refractivity contribution in [3.8, 4) is 0 Å². The van der Waals surface area contributed by atoms with E-state index in [9.17, 15) is 13.2 Å². The van der Waals surface area contributed by atoms with Gasteiger partial charge in [0.15, 0.2) is 0 Å². The van der Waals surface area contributed by atoms with Crippen molar-refractivity contribution in [3.05, 3.63) is 35.4 Å². The summed E-state index contributed by atoms with van der Waals surface area (Å²) in [7, 11) is -3.44. The normalized spacial score (nSPS) is 12.2. The molecule has 0 aromatic heterocycles. The van der Waals surface area contributed by atoms with Crippen molar-refractivity contribution >= 4 is 15.9 Å². The van der Waals surface area contributed by atoms with Crippen LogP contribution >= 0.6 is 0 Å². The fourth-order valence-corrected chi connectivity index (χ4v) is 1.61. The van der Waals surface area contributed by atoms with Gasteiger partial charge in [-0.15, -0.1) is 4.83 Å². The molecule has 1 rings (SSSR count). The van der Waals surface area contributed by atoms with Gasteiger partial charge in [-0.05, 0) is 23.1 Å². The first kappa shape index (κ1) is 14.7. The van der Waals surface area contributed by atoms with Gasteiger partial charge in [0.2, 0.25) is 10.0 Å². The van der Waals surface area contributed by atoms with E-state index >= 15 is 0 Å². The molecule has 18 heavy (non-hydrogen) atoms. The zero-order valence-corrected chi connectivity index (χ0v) is 11.8. The van der Waals surface area contributed by atoms with E-state index in [1.54, 1.807) is 12.1 Å². The Morgan fingerprint density at radius 1 is 1.11 bits per heavy atom. The molecule has 0 atom stereocenters. The number of sulfonamides is 1. The molecule has 0 aliphatic carbocycles. The smallest absolute Gasteiger partial charge is 0.266 e. The van der Waals surface area contributed by atoms with Crippen LogP contribution in [0.2, 0.25) is 0 Å². The van der Waals surface area contributed by atoms with Crippen LogP contribution in [0.15, 0.2) is 24.3 Å². The fourth-order valence-electron chi connectivity index (χ4n) is 1.33. The number of benzene rings is 1. The van der Waals surface area contributed by atoms with Gasteiger partial charge in [-0.25, -0.2) is 8.42 Å². The van der Waals surface area contributed by atoms with Gasteiger partial charge < -0.3 is 0 Å². The number of nitrogens with one attached hydrogen (secondary N) is 2. The van der Waals surface area contributed by atoms with Crippen LogP contribution in [0.25, 0.3) is 0 Å². The predicted molar refractivity (Wildman–Crippen MR) is 70.6 cm³/mol. The minimum absolute atomic E-state index is 0.0139. The SMILES string of the molecule is CC(C)(C)c1ccc(C(=O)NNS(C)(=O)=O)cc1. The molecule has 0 saturated carbocycles. The molecule has 0 radical (unpaired) electrons. The average Bonchev–Trinajstić information content (AvgIpc) is 2.24. The van der Waals surface area contributed by atoms with E-state index in [-0.39, 0.29) is 5.41 Å². The third-order valence-electron chi connectivity index (χ3n) is 2.36. The molecule has 0 unspecified atom stereocenters. The molecular weight excluding hydrogens is 252 g/mol. The van der Waals surface area contributed by atoms with Crippen LogP contribution in [0.3, 0.4) is 0 Å². The number of rotatable bonds is 3. The fraction of sp³-hybridized carbons (Fsp3) is 0.417. The predicted octanol–water partition coefficient (Wildman–Crippen LogP) is 1.18. The number of hydrazine groups is 1. The highest BCUT2D eigenvalue weighted by Crippen LogP contribution is 2.21. The lowest BCUT2D eigenvalue weighted by Gasteiger charge is -2.19. The first-order valence-electron chi connectivity index (χ1n) is 5.47. The summed E-state index contributed by atoms with van der Waals surface area (Å²) in [6, 6.07) is 7.05. The number of amides is 1. The second-order valence-electron chi connectivity index (χ2n) is 5.16. The van der Waals surface area contributed by atoms with Crippen molar-refractivity contribution in [2.24, 2.45) is 0 Å². The van der Waals surface area contributed by atoms with E-state index in [1.807, 2.05) is 17.0 Å². The first-order chi connectivity index (χ1) is 8.09. The molecule has 1 aromatic rings. The number of hydrogen-bond acceptors (Lipinski definition) is 3. The number of hydrogen-bond donors (Lipinski definition) is 2. The summed E-state index contributed by atoms with van der Waals surface area (Å²) in [6.07, 6.45) is 0.968. The summed E-state index contributed by atoms with van der Waals surface area (Å²) in [6.45, 7) is 6.23.